The normalized spacial score (nSPS) is 20.2. The highest BCUT2D eigenvalue weighted by Gasteiger charge is 2.30. The Labute approximate surface area is 248 Å². The fraction of sp³-hybridized carbons (Fsp3) is 0.375. The molecular formula is C32H33ClFN3O5. The Morgan fingerprint density at radius 1 is 1.07 bits per heavy atom. The number of aromatic carboxylic acids is 1. The minimum atomic E-state index is -0.922. The lowest BCUT2D eigenvalue weighted by atomic mass is 9.88. The summed E-state index contributed by atoms with van der Waals surface area (Å²) < 4.78 is 31.6. The van der Waals surface area contributed by atoms with E-state index < -0.39 is 5.97 Å². The Bertz CT molecular complexity index is 1560. The molecule has 0 amide bonds. The van der Waals surface area contributed by atoms with Crippen LogP contribution in [0.25, 0.3) is 11.0 Å². The van der Waals surface area contributed by atoms with Gasteiger partial charge in [0.05, 0.1) is 35.8 Å². The molecule has 4 aromatic rings. The van der Waals surface area contributed by atoms with Gasteiger partial charge in [-0.25, -0.2) is 14.2 Å². The molecule has 220 valence electrons. The molecule has 1 N–H and O–H groups in total. The van der Waals surface area contributed by atoms with Crippen LogP contribution in [0, 0.1) is 5.82 Å². The van der Waals surface area contributed by atoms with E-state index >= 15 is 0 Å². The molecule has 42 heavy (non-hydrogen) atoms. The van der Waals surface area contributed by atoms with Gasteiger partial charge in [0.2, 0.25) is 6.29 Å². The van der Waals surface area contributed by atoms with Crippen molar-refractivity contribution in [1.82, 2.24) is 14.5 Å². The van der Waals surface area contributed by atoms with Crippen molar-refractivity contribution in [2.45, 2.75) is 57.6 Å². The number of halogens is 2. The number of para-hydroxylation sites is 1. The van der Waals surface area contributed by atoms with Gasteiger partial charge in [0.1, 0.15) is 11.6 Å². The number of fused-ring (bicyclic) bond motifs is 2. The summed E-state index contributed by atoms with van der Waals surface area (Å²) in [5.74, 6) is 1.95. The Morgan fingerprint density at radius 3 is 2.52 bits per heavy atom. The van der Waals surface area contributed by atoms with Crippen molar-refractivity contribution >= 4 is 28.6 Å². The number of nitrogens with zero attached hydrogens (tertiary/aromatic N) is 3. The van der Waals surface area contributed by atoms with E-state index in [0.29, 0.717) is 17.5 Å². The van der Waals surface area contributed by atoms with E-state index in [1.165, 1.54) is 17.7 Å². The maximum atomic E-state index is 12.1. The van der Waals surface area contributed by atoms with Crippen LogP contribution in [0.5, 0.6) is 11.5 Å². The number of rotatable bonds is 6. The Kier molecular flexibility index (Phi) is 8.33. The monoisotopic (exact) mass is 593 g/mol. The van der Waals surface area contributed by atoms with Crippen LogP contribution in [-0.4, -0.2) is 57.6 Å². The Balaban J connectivity index is 0.000000343. The predicted molar refractivity (Wildman–Crippen MR) is 157 cm³/mol. The second-order valence-corrected chi connectivity index (χ2v) is 11.3. The van der Waals surface area contributed by atoms with Crippen molar-refractivity contribution in [3.05, 3.63) is 88.5 Å². The molecular weight excluding hydrogens is 561 g/mol. The van der Waals surface area contributed by atoms with Gasteiger partial charge < -0.3 is 23.9 Å². The summed E-state index contributed by atoms with van der Waals surface area (Å²) in [7, 11) is 0. The van der Waals surface area contributed by atoms with Crippen LogP contribution < -0.4 is 9.47 Å². The highest BCUT2D eigenvalue weighted by molar-refractivity contribution is 6.30. The van der Waals surface area contributed by atoms with E-state index in [1.807, 2.05) is 19.1 Å². The summed E-state index contributed by atoms with van der Waals surface area (Å²) >= 11 is 5.40. The summed E-state index contributed by atoms with van der Waals surface area (Å²) in [6.07, 6.45) is 3.05. The number of carboxylic acids is 1. The zero-order valence-electron chi connectivity index (χ0n) is 23.3. The van der Waals surface area contributed by atoms with E-state index in [2.05, 4.69) is 21.6 Å². The number of imidazole rings is 1. The Hall–Kier alpha value is -3.66. The van der Waals surface area contributed by atoms with Crippen LogP contribution in [0.2, 0.25) is 5.02 Å². The van der Waals surface area contributed by atoms with Crippen LogP contribution in [0.3, 0.4) is 0 Å². The summed E-state index contributed by atoms with van der Waals surface area (Å²) in [6.45, 7) is 6.09. The topological polar surface area (TPSA) is 86.1 Å². The number of carboxylic acid groups (broad SMARTS) is 1. The number of aromatic nitrogens is 2. The first-order chi connectivity index (χ1) is 20.3. The van der Waals surface area contributed by atoms with Crippen molar-refractivity contribution in [2.24, 2.45) is 0 Å². The highest BCUT2D eigenvalue weighted by Crippen LogP contribution is 2.43. The molecule has 2 saturated heterocycles. The first-order valence-electron chi connectivity index (χ1n) is 14.3. The lowest BCUT2D eigenvalue weighted by Crippen LogP contribution is -2.35. The quantitative estimate of drug-likeness (QED) is 0.273. The van der Waals surface area contributed by atoms with Gasteiger partial charge in [-0.1, -0.05) is 29.8 Å². The van der Waals surface area contributed by atoms with Gasteiger partial charge in [0.25, 0.3) is 0 Å². The first kappa shape index (κ1) is 28.5. The van der Waals surface area contributed by atoms with Gasteiger partial charge in [0.15, 0.2) is 11.5 Å². The zero-order valence-corrected chi connectivity index (χ0v) is 24.1. The third kappa shape index (κ3) is 6.23. The van der Waals surface area contributed by atoms with Gasteiger partial charge in [-0.3, -0.25) is 4.90 Å². The lowest BCUT2D eigenvalue weighted by molar-refractivity contribution is -0.0592. The molecule has 3 aliphatic heterocycles. The maximum Gasteiger partial charge on any atom is 0.335 e. The number of likely N-dealkylation sites (tertiary alicyclic amines) is 1. The molecule has 7 rings (SSSR count). The molecule has 1 aromatic heterocycles. The summed E-state index contributed by atoms with van der Waals surface area (Å²) in [5, 5.41) is 9.89. The largest absolute Gasteiger partial charge is 0.478 e. The van der Waals surface area contributed by atoms with E-state index in [0.717, 1.165) is 73.9 Å². The number of hydrogen-bond acceptors (Lipinski definition) is 6. The maximum absolute atomic E-state index is 12.1. The summed E-state index contributed by atoms with van der Waals surface area (Å²) in [6, 6.07) is 17.2. The average Bonchev–Trinajstić information content (AvgIpc) is 3.49. The summed E-state index contributed by atoms with van der Waals surface area (Å²) in [5.41, 5.74) is 3.23. The molecule has 0 spiro atoms. The number of hydrogen-bond donors (Lipinski definition) is 1. The fourth-order valence-electron chi connectivity index (χ4n) is 5.77. The van der Waals surface area contributed by atoms with Crippen LogP contribution >= 0.6 is 11.6 Å². The zero-order chi connectivity index (χ0) is 29.2. The van der Waals surface area contributed by atoms with E-state index in [1.54, 1.807) is 24.3 Å². The van der Waals surface area contributed by atoms with E-state index in [4.69, 9.17) is 30.8 Å². The molecule has 2 unspecified atom stereocenters. The van der Waals surface area contributed by atoms with Crippen LogP contribution in [-0.2, 0) is 17.8 Å². The number of benzene rings is 3. The molecule has 2 atom stereocenters. The van der Waals surface area contributed by atoms with Crippen molar-refractivity contribution < 1.29 is 28.5 Å². The SMILES string of the molecule is CC1Oc2cccc(C3CCN(Cc4nc5ccc(C(=O)O)cc5n4CC4CCO4)CC3)c2O1.Fc1cccc(Cl)c1. The van der Waals surface area contributed by atoms with Crippen LogP contribution in [0.4, 0.5) is 4.39 Å². The van der Waals surface area contributed by atoms with Crippen molar-refractivity contribution in [3.8, 4) is 11.5 Å². The molecule has 4 heterocycles. The minimum Gasteiger partial charge on any atom is -0.478 e. The molecule has 0 bridgehead atoms. The smallest absolute Gasteiger partial charge is 0.335 e. The predicted octanol–water partition coefficient (Wildman–Crippen LogP) is 6.50. The molecule has 0 saturated carbocycles. The van der Waals surface area contributed by atoms with Gasteiger partial charge in [-0.15, -0.1) is 0 Å². The van der Waals surface area contributed by atoms with Gasteiger partial charge >= 0.3 is 5.97 Å². The van der Waals surface area contributed by atoms with Crippen molar-refractivity contribution in [1.29, 1.82) is 0 Å². The first-order valence-corrected chi connectivity index (χ1v) is 14.7. The Morgan fingerprint density at radius 2 is 1.86 bits per heavy atom. The third-order valence-corrected chi connectivity index (χ3v) is 8.25. The van der Waals surface area contributed by atoms with Crippen molar-refractivity contribution in [3.63, 3.8) is 0 Å². The number of ether oxygens (including phenoxy) is 3. The lowest BCUT2D eigenvalue weighted by Gasteiger charge is -2.33. The molecule has 0 radical (unpaired) electrons. The third-order valence-electron chi connectivity index (χ3n) is 8.02. The van der Waals surface area contributed by atoms with Crippen LogP contribution in [0.15, 0.2) is 60.7 Å². The molecule has 3 aliphatic rings. The second kappa shape index (κ2) is 12.3. The molecule has 2 fully saturated rings. The molecule has 10 heteroatoms. The minimum absolute atomic E-state index is 0.167. The molecule has 8 nitrogen and oxygen atoms in total. The van der Waals surface area contributed by atoms with E-state index in [9.17, 15) is 14.3 Å². The number of carbonyl (C=O) groups is 1. The van der Waals surface area contributed by atoms with E-state index in [-0.39, 0.29) is 23.8 Å². The van der Waals surface area contributed by atoms with Crippen molar-refractivity contribution in [2.75, 3.05) is 19.7 Å². The average molecular weight is 594 g/mol. The fourth-order valence-corrected chi connectivity index (χ4v) is 5.94. The highest BCUT2D eigenvalue weighted by atomic mass is 35.5. The molecule has 3 aromatic carbocycles. The van der Waals surface area contributed by atoms with Gasteiger partial charge in [-0.2, -0.15) is 0 Å². The summed E-state index contributed by atoms with van der Waals surface area (Å²) in [4.78, 5) is 18.9. The van der Waals surface area contributed by atoms with Crippen LogP contribution in [0.1, 0.15) is 53.8 Å². The van der Waals surface area contributed by atoms with Gasteiger partial charge in [0, 0.05) is 24.1 Å². The second-order valence-electron chi connectivity index (χ2n) is 10.9. The van der Waals surface area contributed by atoms with Gasteiger partial charge in [-0.05, 0) is 80.7 Å². The number of piperidine rings is 1. The standard InChI is InChI=1S/C26H29N3O5.C6H4ClF/c1-16-33-23-4-2-3-20(25(23)34-16)17-7-10-28(11-8-17)15-24-27-21-6-5-18(26(30)31)13-22(21)29(24)14-19-9-12-32-19;7-5-2-1-3-6(8)4-5/h2-6,13,16-17,19H,7-12,14-15H2,1H3,(H,30,31);1-4H. The molecule has 0 aliphatic carbocycles.